The van der Waals surface area contributed by atoms with Crippen molar-refractivity contribution in [3.8, 4) is 22.8 Å². The monoisotopic (exact) mass is 459 g/mol. The van der Waals surface area contributed by atoms with Crippen molar-refractivity contribution in [2.24, 2.45) is 5.73 Å². The van der Waals surface area contributed by atoms with E-state index in [-0.39, 0.29) is 23.3 Å². The minimum absolute atomic E-state index is 0.0834. The summed E-state index contributed by atoms with van der Waals surface area (Å²) in [6.07, 6.45) is 3.82. The van der Waals surface area contributed by atoms with Crippen molar-refractivity contribution in [1.29, 1.82) is 0 Å². The second kappa shape index (κ2) is 8.51. The molecule has 3 N–H and O–H groups in total. The number of H-pyrrole nitrogens is 1. The van der Waals surface area contributed by atoms with Crippen LogP contribution in [0.5, 0.6) is 11.5 Å². The number of nitrogens with two attached hydrogens (primary N) is 1. The summed E-state index contributed by atoms with van der Waals surface area (Å²) in [5.41, 5.74) is 8.82. The molecule has 8 nitrogen and oxygen atoms in total. The molecule has 0 spiro atoms. The topological polar surface area (TPSA) is 106 Å². The first-order valence-corrected chi connectivity index (χ1v) is 10.8. The Morgan fingerprint density at radius 1 is 1.15 bits per heavy atom. The molecule has 2 aromatic carbocycles. The first-order valence-electron chi connectivity index (χ1n) is 10.8. The highest BCUT2D eigenvalue weighted by Gasteiger charge is 2.30. The quantitative estimate of drug-likeness (QED) is 0.427. The van der Waals surface area contributed by atoms with Crippen LogP contribution in [0.4, 0.5) is 4.39 Å². The van der Waals surface area contributed by atoms with Gasteiger partial charge >= 0.3 is 0 Å². The molecule has 1 saturated heterocycles. The van der Waals surface area contributed by atoms with Crippen LogP contribution in [0.2, 0.25) is 0 Å². The van der Waals surface area contributed by atoms with Gasteiger partial charge in [0.25, 0.3) is 5.91 Å². The number of likely N-dealkylation sites (tertiary alicyclic amines) is 1. The van der Waals surface area contributed by atoms with E-state index in [2.05, 4.69) is 16.7 Å². The van der Waals surface area contributed by atoms with E-state index in [1.807, 2.05) is 0 Å². The van der Waals surface area contributed by atoms with Crippen LogP contribution in [0, 0.1) is 5.82 Å². The standard InChI is InChI=1S/C25H22FN5O3/c1-2-21(32)30-12-11-16(14-30)20-13-28-31-23(24(27)33)22(29-25(20)31)15-3-7-18(8-4-15)34-19-9-5-17(26)6-10-19/h2-10,13,16,29H,1,11-12,14H2,(H2,27,33). The second-order valence-corrected chi connectivity index (χ2v) is 8.13. The molecule has 1 fully saturated rings. The highest BCUT2D eigenvalue weighted by molar-refractivity contribution is 5.98. The fourth-order valence-corrected chi connectivity index (χ4v) is 4.35. The summed E-state index contributed by atoms with van der Waals surface area (Å²) in [5.74, 6) is 0.105. The maximum atomic E-state index is 13.1. The Hall–Kier alpha value is -4.40. The Bertz CT molecular complexity index is 1390. The van der Waals surface area contributed by atoms with E-state index in [1.54, 1.807) is 47.5 Å². The normalized spacial score (nSPS) is 15.6. The van der Waals surface area contributed by atoms with Gasteiger partial charge in [0.15, 0.2) is 5.69 Å². The number of rotatable bonds is 6. The molecule has 1 atom stereocenters. The molecule has 1 aliphatic heterocycles. The van der Waals surface area contributed by atoms with Crippen LogP contribution >= 0.6 is 0 Å². The van der Waals surface area contributed by atoms with Gasteiger partial charge in [-0.05, 0) is 61.0 Å². The number of benzene rings is 2. The van der Waals surface area contributed by atoms with Crippen molar-refractivity contribution in [3.63, 3.8) is 0 Å². The number of ether oxygens (including phenoxy) is 1. The van der Waals surface area contributed by atoms with Crippen LogP contribution in [-0.2, 0) is 4.79 Å². The molecule has 9 heteroatoms. The van der Waals surface area contributed by atoms with E-state index in [1.165, 1.54) is 22.7 Å². The highest BCUT2D eigenvalue weighted by atomic mass is 19.1. The number of carbonyl (C=O) groups excluding carboxylic acids is 2. The van der Waals surface area contributed by atoms with Crippen molar-refractivity contribution in [1.82, 2.24) is 19.5 Å². The lowest BCUT2D eigenvalue weighted by atomic mass is 10.0. The lowest BCUT2D eigenvalue weighted by molar-refractivity contribution is -0.125. The summed E-state index contributed by atoms with van der Waals surface area (Å²) >= 11 is 0. The zero-order valence-electron chi connectivity index (χ0n) is 18.2. The number of carbonyl (C=O) groups is 2. The fourth-order valence-electron chi connectivity index (χ4n) is 4.35. The van der Waals surface area contributed by atoms with E-state index >= 15 is 0 Å². The molecule has 0 saturated carbocycles. The molecular formula is C25H22FN5O3. The van der Waals surface area contributed by atoms with E-state index in [0.717, 1.165) is 17.5 Å². The number of primary amides is 1. The average molecular weight is 459 g/mol. The third kappa shape index (κ3) is 3.81. The Morgan fingerprint density at radius 3 is 2.47 bits per heavy atom. The molecule has 1 unspecified atom stereocenters. The summed E-state index contributed by atoms with van der Waals surface area (Å²) in [5, 5.41) is 4.41. The van der Waals surface area contributed by atoms with E-state index < -0.39 is 5.91 Å². The molecule has 0 bridgehead atoms. The van der Waals surface area contributed by atoms with Crippen LogP contribution < -0.4 is 10.5 Å². The molecular weight excluding hydrogens is 437 g/mol. The summed E-state index contributed by atoms with van der Waals surface area (Å²) in [4.78, 5) is 29.4. The Balaban J connectivity index is 1.46. The van der Waals surface area contributed by atoms with Crippen LogP contribution in [0.25, 0.3) is 16.9 Å². The zero-order valence-corrected chi connectivity index (χ0v) is 18.2. The van der Waals surface area contributed by atoms with E-state index in [4.69, 9.17) is 10.5 Å². The van der Waals surface area contributed by atoms with Crippen molar-refractivity contribution < 1.29 is 18.7 Å². The van der Waals surface area contributed by atoms with Gasteiger partial charge in [-0.25, -0.2) is 8.91 Å². The largest absolute Gasteiger partial charge is 0.457 e. The Labute approximate surface area is 194 Å². The van der Waals surface area contributed by atoms with Crippen molar-refractivity contribution in [2.75, 3.05) is 13.1 Å². The molecule has 2 amide bonds. The Morgan fingerprint density at radius 2 is 1.82 bits per heavy atom. The molecule has 5 rings (SSSR count). The van der Waals surface area contributed by atoms with Gasteiger partial charge in [0.2, 0.25) is 5.91 Å². The van der Waals surface area contributed by atoms with Gasteiger partial charge in [0, 0.05) is 30.1 Å². The van der Waals surface area contributed by atoms with E-state index in [9.17, 15) is 14.0 Å². The van der Waals surface area contributed by atoms with Crippen molar-refractivity contribution in [3.05, 3.63) is 84.5 Å². The van der Waals surface area contributed by atoms with Gasteiger partial charge < -0.3 is 20.4 Å². The molecule has 1 aliphatic rings. The van der Waals surface area contributed by atoms with Crippen molar-refractivity contribution in [2.45, 2.75) is 12.3 Å². The number of halogens is 1. The van der Waals surface area contributed by atoms with Gasteiger partial charge in [0.05, 0.1) is 11.9 Å². The third-order valence-corrected chi connectivity index (χ3v) is 6.03. The zero-order chi connectivity index (χ0) is 23.8. The van der Waals surface area contributed by atoms with E-state index in [0.29, 0.717) is 35.9 Å². The molecule has 34 heavy (non-hydrogen) atoms. The third-order valence-electron chi connectivity index (χ3n) is 6.03. The molecule has 4 aromatic rings. The summed E-state index contributed by atoms with van der Waals surface area (Å²) in [7, 11) is 0. The lowest BCUT2D eigenvalue weighted by Gasteiger charge is -2.13. The summed E-state index contributed by atoms with van der Waals surface area (Å²) in [6, 6.07) is 12.9. The molecule has 0 aliphatic carbocycles. The number of fused-ring (bicyclic) bond motifs is 1. The second-order valence-electron chi connectivity index (χ2n) is 8.13. The number of imidazole rings is 1. The average Bonchev–Trinajstić information content (AvgIpc) is 3.55. The maximum Gasteiger partial charge on any atom is 0.269 e. The van der Waals surface area contributed by atoms with Gasteiger partial charge in [-0.1, -0.05) is 6.58 Å². The number of aromatic nitrogens is 3. The number of amides is 2. The number of nitrogens with zero attached hydrogens (tertiary/aromatic N) is 3. The molecule has 0 radical (unpaired) electrons. The van der Waals surface area contributed by atoms with Gasteiger partial charge in [-0.3, -0.25) is 9.59 Å². The predicted molar refractivity (Wildman–Crippen MR) is 124 cm³/mol. The van der Waals surface area contributed by atoms with Crippen LogP contribution in [0.3, 0.4) is 0 Å². The first kappa shape index (κ1) is 21.4. The van der Waals surface area contributed by atoms with Crippen molar-refractivity contribution >= 4 is 17.5 Å². The van der Waals surface area contributed by atoms with Crippen LogP contribution in [-0.4, -0.2) is 44.4 Å². The SMILES string of the molecule is C=CC(=O)N1CCC(c2cnn3c(C(N)=O)c(-c4ccc(Oc5ccc(F)cc5)cc4)[nH]c23)C1. The molecule has 2 aromatic heterocycles. The number of nitrogens with one attached hydrogen (secondary N) is 1. The minimum atomic E-state index is -0.613. The van der Waals surface area contributed by atoms with Crippen LogP contribution in [0.15, 0.2) is 67.4 Å². The summed E-state index contributed by atoms with van der Waals surface area (Å²) < 4.78 is 20.4. The number of aromatic amines is 1. The molecule has 3 heterocycles. The van der Waals surface area contributed by atoms with Gasteiger partial charge in [0.1, 0.15) is 23.0 Å². The smallest absolute Gasteiger partial charge is 0.269 e. The van der Waals surface area contributed by atoms with Crippen LogP contribution in [0.1, 0.15) is 28.4 Å². The minimum Gasteiger partial charge on any atom is -0.457 e. The first-order chi connectivity index (χ1) is 16.4. The van der Waals surface area contributed by atoms with Gasteiger partial charge in [-0.15, -0.1) is 0 Å². The highest BCUT2D eigenvalue weighted by Crippen LogP contribution is 2.34. The predicted octanol–water partition coefficient (Wildman–Crippen LogP) is 3.86. The maximum absolute atomic E-state index is 13.1. The lowest BCUT2D eigenvalue weighted by Crippen LogP contribution is -2.26. The fraction of sp³-hybridized carbons (Fsp3) is 0.160. The summed E-state index contributed by atoms with van der Waals surface area (Å²) in [6.45, 7) is 4.75. The number of hydrogen-bond donors (Lipinski definition) is 2. The molecule has 172 valence electrons. The Kier molecular flexibility index (Phi) is 5.37. The number of hydrogen-bond acceptors (Lipinski definition) is 4. The van der Waals surface area contributed by atoms with Gasteiger partial charge in [-0.2, -0.15) is 5.10 Å².